The van der Waals surface area contributed by atoms with Crippen LogP contribution < -0.4 is 0 Å². The first-order valence-electron chi connectivity index (χ1n) is 10.2. The number of nitro benzene ring substituents is 1. The number of ketones is 2. The zero-order valence-electron chi connectivity index (χ0n) is 17.8. The first kappa shape index (κ1) is 23.0. The fourth-order valence-corrected chi connectivity index (χ4v) is 3.88. The Morgan fingerprint density at radius 3 is 2.29 bits per heavy atom. The quantitative estimate of drug-likeness (QED) is 0.269. The van der Waals surface area contributed by atoms with Crippen molar-refractivity contribution in [2.75, 3.05) is 0 Å². The fourth-order valence-electron chi connectivity index (χ4n) is 3.88. The van der Waals surface area contributed by atoms with Gasteiger partial charge in [0.15, 0.2) is 11.6 Å². The zero-order chi connectivity index (χ0) is 24.6. The van der Waals surface area contributed by atoms with Gasteiger partial charge in [0.05, 0.1) is 11.5 Å². The van der Waals surface area contributed by atoms with E-state index in [2.05, 4.69) is 4.99 Å². The maximum atomic E-state index is 13.2. The Kier molecular flexibility index (Phi) is 5.87. The van der Waals surface area contributed by atoms with E-state index < -0.39 is 28.1 Å². The number of carbonyl (C=O) groups is 2. The average Bonchev–Trinajstić information content (AvgIpc) is 3.22. The van der Waals surface area contributed by atoms with Crippen LogP contribution in [0.4, 0.5) is 18.9 Å². The predicted molar refractivity (Wildman–Crippen MR) is 119 cm³/mol. The lowest BCUT2D eigenvalue weighted by Gasteiger charge is -2.10. The van der Waals surface area contributed by atoms with Crippen molar-refractivity contribution in [2.24, 2.45) is 4.99 Å². The molecule has 1 aliphatic rings. The molecule has 3 aromatic carbocycles. The molecule has 1 heterocycles. The predicted octanol–water partition coefficient (Wildman–Crippen LogP) is 5.60. The summed E-state index contributed by atoms with van der Waals surface area (Å²) in [6.45, 7) is 1.91. The van der Waals surface area contributed by atoms with Crippen LogP contribution in [0.3, 0.4) is 0 Å². The summed E-state index contributed by atoms with van der Waals surface area (Å²) in [6, 6.07) is 14.9. The normalized spacial score (nSPS) is 12.8. The summed E-state index contributed by atoms with van der Waals surface area (Å²) in [5.41, 5.74) is 1.80. The van der Waals surface area contributed by atoms with Gasteiger partial charge in [-0.3, -0.25) is 24.7 Å². The topological polar surface area (TPSA) is 89.6 Å². The van der Waals surface area contributed by atoms with Crippen LogP contribution in [0.1, 0.15) is 39.5 Å². The number of nitro groups is 1. The highest BCUT2D eigenvalue weighted by Crippen LogP contribution is 2.36. The molecule has 0 atom stereocenters. The second-order valence-corrected chi connectivity index (χ2v) is 7.88. The minimum atomic E-state index is -4.95. The van der Waals surface area contributed by atoms with Gasteiger partial charge in [-0.15, -0.1) is 0 Å². The molecule has 0 fully saturated rings. The SMILES string of the molecule is CC(=O)C1=NCc2cc(-c3ccc(CC(=O)c4ccc([N+](=O)[O-])c(C(F)(F)F)c4)cc3)ccc21. The maximum Gasteiger partial charge on any atom is 0.423 e. The fraction of sp³-hybridized carbons (Fsp3) is 0.160. The molecule has 0 aromatic heterocycles. The standard InChI is InChI=1S/C25H17F3N2O4/c1-14(31)24-20-8-6-17(11-19(20)13-29-24)16-4-2-15(3-5-16)10-23(32)18-7-9-22(30(33)34)21(12-18)25(26,27)28/h2-9,11-12H,10,13H2,1H3. The lowest BCUT2D eigenvalue weighted by Crippen LogP contribution is -2.12. The summed E-state index contributed by atoms with van der Waals surface area (Å²) >= 11 is 0. The summed E-state index contributed by atoms with van der Waals surface area (Å²) < 4.78 is 39.6. The molecule has 4 rings (SSSR count). The molecule has 0 saturated carbocycles. The van der Waals surface area contributed by atoms with Crippen LogP contribution >= 0.6 is 0 Å². The van der Waals surface area contributed by atoms with Crippen LogP contribution in [0.15, 0.2) is 65.7 Å². The maximum absolute atomic E-state index is 13.2. The average molecular weight is 466 g/mol. The van der Waals surface area contributed by atoms with Crippen LogP contribution in [0.2, 0.25) is 0 Å². The molecular weight excluding hydrogens is 449 g/mol. The van der Waals surface area contributed by atoms with E-state index in [1.54, 1.807) is 24.3 Å². The van der Waals surface area contributed by atoms with E-state index >= 15 is 0 Å². The number of benzene rings is 3. The highest BCUT2D eigenvalue weighted by Gasteiger charge is 2.38. The zero-order valence-corrected chi connectivity index (χ0v) is 17.8. The lowest BCUT2D eigenvalue weighted by atomic mass is 9.95. The van der Waals surface area contributed by atoms with Crippen molar-refractivity contribution in [3.63, 3.8) is 0 Å². The van der Waals surface area contributed by atoms with Crippen molar-refractivity contribution in [2.45, 2.75) is 26.1 Å². The number of nitrogens with zero attached hydrogens (tertiary/aromatic N) is 2. The molecule has 0 unspecified atom stereocenters. The molecule has 1 aliphatic heterocycles. The van der Waals surface area contributed by atoms with Gasteiger partial charge in [0.2, 0.25) is 0 Å². The van der Waals surface area contributed by atoms with Crippen molar-refractivity contribution in [3.8, 4) is 11.1 Å². The van der Waals surface area contributed by atoms with Crippen LogP contribution in [-0.4, -0.2) is 22.2 Å². The van der Waals surface area contributed by atoms with Crippen molar-refractivity contribution in [1.82, 2.24) is 0 Å². The van der Waals surface area contributed by atoms with Crippen molar-refractivity contribution in [1.29, 1.82) is 0 Å². The molecule has 172 valence electrons. The summed E-state index contributed by atoms with van der Waals surface area (Å²) in [5, 5.41) is 10.9. The third-order valence-corrected chi connectivity index (χ3v) is 5.57. The lowest BCUT2D eigenvalue weighted by molar-refractivity contribution is -0.388. The monoisotopic (exact) mass is 466 g/mol. The molecule has 0 radical (unpaired) electrons. The van der Waals surface area contributed by atoms with Crippen LogP contribution in [0.5, 0.6) is 0 Å². The Hall–Kier alpha value is -4.14. The van der Waals surface area contributed by atoms with Gasteiger partial charge in [0.1, 0.15) is 11.3 Å². The number of halogens is 3. The molecule has 3 aromatic rings. The minimum absolute atomic E-state index is 0.0871. The molecule has 0 aliphatic carbocycles. The number of hydrogen-bond donors (Lipinski definition) is 0. The second-order valence-electron chi connectivity index (χ2n) is 7.88. The molecule has 0 spiro atoms. The van der Waals surface area contributed by atoms with Crippen LogP contribution in [-0.2, 0) is 23.9 Å². The van der Waals surface area contributed by atoms with Crippen molar-refractivity contribution in [3.05, 3.63) is 98.6 Å². The Balaban J connectivity index is 1.52. The molecule has 0 bridgehead atoms. The van der Waals surface area contributed by atoms with Crippen LogP contribution in [0.25, 0.3) is 11.1 Å². The van der Waals surface area contributed by atoms with Gasteiger partial charge in [-0.25, -0.2) is 0 Å². The Labute approximate surface area is 191 Å². The number of hydrogen-bond acceptors (Lipinski definition) is 5. The summed E-state index contributed by atoms with van der Waals surface area (Å²) in [5.74, 6) is -0.671. The molecule has 34 heavy (non-hydrogen) atoms. The van der Waals surface area contributed by atoms with Gasteiger partial charge >= 0.3 is 6.18 Å². The summed E-state index contributed by atoms with van der Waals surface area (Å²) in [7, 11) is 0. The molecule has 0 N–H and O–H groups in total. The van der Waals surface area contributed by atoms with Crippen molar-refractivity contribution >= 4 is 23.0 Å². The minimum Gasteiger partial charge on any atom is -0.294 e. The third-order valence-electron chi connectivity index (χ3n) is 5.57. The number of aliphatic imine (C=N–C) groups is 1. The van der Waals surface area contributed by atoms with Gasteiger partial charge in [0, 0.05) is 30.5 Å². The molecule has 0 saturated heterocycles. The van der Waals surface area contributed by atoms with Crippen molar-refractivity contribution < 1.29 is 27.7 Å². The number of Topliss-reactive ketones (excluding diaryl/α,β-unsaturated/α-hetero) is 2. The molecule has 0 amide bonds. The van der Waals surface area contributed by atoms with Gasteiger partial charge < -0.3 is 0 Å². The Bertz CT molecular complexity index is 1360. The molecular formula is C25H17F3N2O4. The summed E-state index contributed by atoms with van der Waals surface area (Å²) in [6.07, 6.45) is -5.11. The van der Waals surface area contributed by atoms with Gasteiger partial charge in [-0.2, -0.15) is 13.2 Å². The van der Waals surface area contributed by atoms with Gasteiger partial charge in [-0.1, -0.05) is 36.4 Å². The Morgan fingerprint density at radius 1 is 1.00 bits per heavy atom. The van der Waals surface area contributed by atoms with E-state index in [4.69, 9.17) is 0 Å². The molecule has 9 heteroatoms. The van der Waals surface area contributed by atoms with Gasteiger partial charge in [0.25, 0.3) is 5.69 Å². The first-order valence-corrected chi connectivity index (χ1v) is 10.2. The van der Waals surface area contributed by atoms with E-state index in [0.717, 1.165) is 28.3 Å². The smallest absolute Gasteiger partial charge is 0.294 e. The second kappa shape index (κ2) is 8.66. The van der Waals surface area contributed by atoms with E-state index in [-0.39, 0.29) is 17.8 Å². The first-order chi connectivity index (χ1) is 16.0. The highest BCUT2D eigenvalue weighted by atomic mass is 19.4. The number of rotatable bonds is 6. The number of alkyl halides is 3. The van der Waals surface area contributed by atoms with E-state index in [1.807, 2.05) is 18.2 Å². The molecule has 6 nitrogen and oxygen atoms in total. The van der Waals surface area contributed by atoms with E-state index in [0.29, 0.717) is 30.0 Å². The van der Waals surface area contributed by atoms with Crippen LogP contribution in [0, 0.1) is 10.1 Å². The Morgan fingerprint density at radius 2 is 1.68 bits per heavy atom. The summed E-state index contributed by atoms with van der Waals surface area (Å²) in [4.78, 5) is 38.3. The largest absolute Gasteiger partial charge is 0.423 e. The number of fused-ring (bicyclic) bond motifs is 1. The highest BCUT2D eigenvalue weighted by molar-refractivity contribution is 6.46. The van der Waals surface area contributed by atoms with E-state index in [9.17, 15) is 32.9 Å². The van der Waals surface area contributed by atoms with E-state index in [1.165, 1.54) is 6.92 Å². The number of carbonyl (C=O) groups excluding carboxylic acids is 2. The van der Waals surface area contributed by atoms with Gasteiger partial charge in [-0.05, 0) is 40.5 Å². The third kappa shape index (κ3) is 4.50.